The Morgan fingerprint density at radius 2 is 1.74 bits per heavy atom. The fraction of sp³-hybridized carbons (Fsp3) is 0.207. The minimum absolute atomic E-state index is 0.00342. The first kappa shape index (κ1) is 27.0. The van der Waals surface area contributed by atoms with Crippen LogP contribution in [-0.2, 0) is 22.2 Å². The number of carbonyl (C=O) groups excluding carboxylic acids is 2. The number of nitrogens with zero attached hydrogens (tertiary/aromatic N) is 2. The molecule has 5 nitrogen and oxygen atoms in total. The summed E-state index contributed by atoms with van der Waals surface area (Å²) in [5.74, 6) is -1.10. The average Bonchev–Trinajstić information content (AvgIpc) is 3.17. The van der Waals surface area contributed by atoms with Crippen molar-refractivity contribution in [3.05, 3.63) is 105 Å². The predicted molar refractivity (Wildman–Crippen MR) is 142 cm³/mol. The molecule has 0 bridgehead atoms. The number of nitrogens with one attached hydrogen (secondary N) is 1. The van der Waals surface area contributed by atoms with E-state index in [9.17, 15) is 28.0 Å². The number of hydrogen-bond acceptors (Lipinski definition) is 4. The third-order valence-electron chi connectivity index (χ3n) is 6.24. The maximum atomic E-state index is 13.6. The number of amides is 2. The summed E-state index contributed by atoms with van der Waals surface area (Å²) in [5, 5.41) is 12.0. The Hall–Kier alpha value is -4.03. The number of carbonyl (C=O) groups is 2. The maximum absolute atomic E-state index is 13.6. The number of benzene rings is 3. The molecule has 1 aliphatic rings. The Morgan fingerprint density at radius 1 is 1.03 bits per heavy atom. The fourth-order valence-corrected chi connectivity index (χ4v) is 5.31. The second kappa shape index (κ2) is 10.8. The number of alkyl halides is 3. The van der Waals surface area contributed by atoms with E-state index in [4.69, 9.17) is 0 Å². The van der Waals surface area contributed by atoms with Crippen molar-refractivity contribution in [2.45, 2.75) is 38.6 Å². The van der Waals surface area contributed by atoms with Gasteiger partial charge >= 0.3 is 6.18 Å². The summed E-state index contributed by atoms with van der Waals surface area (Å²) in [6.07, 6.45) is -4.52. The summed E-state index contributed by atoms with van der Waals surface area (Å²) in [5.41, 5.74) is 3.13. The van der Waals surface area contributed by atoms with Gasteiger partial charge in [0, 0.05) is 11.4 Å². The molecule has 1 N–H and O–H groups in total. The Kier molecular flexibility index (Phi) is 7.65. The molecule has 3 aromatic rings. The van der Waals surface area contributed by atoms with E-state index < -0.39 is 28.8 Å². The van der Waals surface area contributed by atoms with E-state index in [1.807, 2.05) is 45.0 Å². The molecule has 4 rings (SSSR count). The highest BCUT2D eigenvalue weighted by Gasteiger charge is 2.41. The smallest absolute Gasteiger partial charge is 0.321 e. The number of hydrogen-bond donors (Lipinski definition) is 1. The van der Waals surface area contributed by atoms with Crippen molar-refractivity contribution in [1.82, 2.24) is 0 Å². The molecule has 1 saturated heterocycles. The summed E-state index contributed by atoms with van der Waals surface area (Å²) in [7, 11) is 0. The minimum Gasteiger partial charge on any atom is -0.321 e. The summed E-state index contributed by atoms with van der Waals surface area (Å²) in [6, 6.07) is 19.1. The van der Waals surface area contributed by atoms with Gasteiger partial charge in [-0.05, 0) is 74.2 Å². The first-order valence-electron chi connectivity index (χ1n) is 11.7. The van der Waals surface area contributed by atoms with Gasteiger partial charge in [0.1, 0.15) is 16.7 Å². The van der Waals surface area contributed by atoms with Crippen molar-refractivity contribution in [2.24, 2.45) is 0 Å². The molecule has 1 atom stereocenters. The molecule has 1 unspecified atom stereocenters. The summed E-state index contributed by atoms with van der Waals surface area (Å²) >= 11 is 1.01. The molecular formula is C29H24F3N3O2S. The third-order valence-corrected chi connectivity index (χ3v) is 7.50. The molecule has 0 saturated carbocycles. The lowest BCUT2D eigenvalue weighted by atomic mass is 10.0. The summed E-state index contributed by atoms with van der Waals surface area (Å²) in [6.45, 7) is 5.70. The highest BCUT2D eigenvalue weighted by atomic mass is 32.2. The lowest BCUT2D eigenvalue weighted by Crippen LogP contribution is -2.31. The van der Waals surface area contributed by atoms with Gasteiger partial charge in [0.25, 0.3) is 5.91 Å². The van der Waals surface area contributed by atoms with Crippen LogP contribution in [0.5, 0.6) is 0 Å². The predicted octanol–water partition coefficient (Wildman–Crippen LogP) is 6.70. The Labute approximate surface area is 223 Å². The van der Waals surface area contributed by atoms with Crippen molar-refractivity contribution < 1.29 is 22.8 Å². The molecule has 194 valence electrons. The topological polar surface area (TPSA) is 73.2 Å². The molecule has 2 amide bonds. The Morgan fingerprint density at radius 3 is 2.37 bits per heavy atom. The number of rotatable bonds is 5. The van der Waals surface area contributed by atoms with E-state index in [0.717, 1.165) is 40.6 Å². The van der Waals surface area contributed by atoms with Crippen LogP contribution < -0.4 is 10.2 Å². The van der Waals surface area contributed by atoms with Crippen LogP contribution >= 0.6 is 11.8 Å². The molecule has 1 fully saturated rings. The van der Waals surface area contributed by atoms with Crippen molar-refractivity contribution in [3.63, 3.8) is 0 Å². The molecule has 3 aromatic carbocycles. The van der Waals surface area contributed by atoms with E-state index in [1.54, 1.807) is 24.3 Å². The van der Waals surface area contributed by atoms with Crippen molar-refractivity contribution in [1.29, 1.82) is 5.26 Å². The van der Waals surface area contributed by atoms with Gasteiger partial charge in [-0.1, -0.05) is 53.7 Å². The van der Waals surface area contributed by atoms with Gasteiger partial charge in [-0.3, -0.25) is 14.5 Å². The van der Waals surface area contributed by atoms with E-state index in [-0.39, 0.29) is 17.0 Å². The lowest BCUT2D eigenvalue weighted by molar-refractivity contribution is -0.137. The van der Waals surface area contributed by atoms with E-state index >= 15 is 0 Å². The molecule has 0 spiro atoms. The highest BCUT2D eigenvalue weighted by Crippen LogP contribution is 2.43. The molecule has 0 radical (unpaired) electrons. The number of thioether (sulfide) groups is 1. The normalized spacial score (nSPS) is 16.8. The van der Waals surface area contributed by atoms with Crippen LogP contribution in [0.4, 0.5) is 24.5 Å². The summed E-state index contributed by atoms with van der Waals surface area (Å²) in [4.78, 5) is 28.1. The maximum Gasteiger partial charge on any atom is 0.416 e. The van der Waals surface area contributed by atoms with Gasteiger partial charge in [-0.15, -0.1) is 0 Å². The third kappa shape index (κ3) is 5.76. The second-order valence-corrected chi connectivity index (χ2v) is 10.3. The molecule has 0 aromatic heterocycles. The number of halogens is 3. The van der Waals surface area contributed by atoms with Gasteiger partial charge < -0.3 is 5.32 Å². The molecular weight excluding hydrogens is 511 g/mol. The standard InChI is InChI=1S/C29H24F3N3O2S/c1-17-7-10-22(11-8-17)34-26(36)24(16-33)28-35(23-12-9-18(2)19(3)13-23)27(37)25(38-28)15-20-5-4-6-21(14-20)29(30,31)32/h4-14,25H,15H2,1-3H3,(H,34,36)/b28-24-. The summed E-state index contributed by atoms with van der Waals surface area (Å²) < 4.78 is 39.7. The zero-order valence-corrected chi connectivity index (χ0v) is 21.7. The van der Waals surface area contributed by atoms with E-state index in [2.05, 4.69) is 5.32 Å². The van der Waals surface area contributed by atoms with Crippen LogP contribution in [-0.4, -0.2) is 17.1 Å². The van der Waals surface area contributed by atoms with E-state index in [1.165, 1.54) is 17.0 Å². The van der Waals surface area contributed by atoms with Crippen LogP contribution in [0.1, 0.15) is 27.8 Å². The number of aryl methyl sites for hydroxylation is 3. The highest BCUT2D eigenvalue weighted by molar-refractivity contribution is 8.05. The fourth-order valence-electron chi connectivity index (χ4n) is 4.01. The van der Waals surface area contributed by atoms with Crippen molar-refractivity contribution in [2.75, 3.05) is 10.2 Å². The van der Waals surface area contributed by atoms with E-state index in [0.29, 0.717) is 16.9 Å². The molecule has 1 heterocycles. The first-order valence-corrected chi connectivity index (χ1v) is 12.6. The Balaban J connectivity index is 1.74. The van der Waals surface area contributed by atoms with Crippen molar-refractivity contribution in [3.8, 4) is 6.07 Å². The van der Waals surface area contributed by atoms with Gasteiger partial charge in [0.2, 0.25) is 5.91 Å². The van der Waals surface area contributed by atoms with Gasteiger partial charge in [0.15, 0.2) is 0 Å². The van der Waals surface area contributed by atoms with Gasteiger partial charge in [0.05, 0.1) is 10.8 Å². The van der Waals surface area contributed by atoms with Gasteiger partial charge in [-0.2, -0.15) is 18.4 Å². The minimum atomic E-state index is -4.51. The quantitative estimate of drug-likeness (QED) is 0.292. The van der Waals surface area contributed by atoms with Crippen LogP contribution in [0.15, 0.2) is 77.3 Å². The second-order valence-electron chi connectivity index (χ2n) is 9.06. The molecule has 9 heteroatoms. The number of anilines is 2. The first-order chi connectivity index (χ1) is 18.0. The van der Waals surface area contributed by atoms with Crippen LogP contribution in [0, 0.1) is 32.1 Å². The Bertz CT molecular complexity index is 1470. The molecule has 0 aliphatic carbocycles. The van der Waals surface area contributed by atoms with Crippen LogP contribution in [0.3, 0.4) is 0 Å². The molecule has 38 heavy (non-hydrogen) atoms. The van der Waals surface area contributed by atoms with Crippen LogP contribution in [0.25, 0.3) is 0 Å². The zero-order valence-electron chi connectivity index (χ0n) is 20.9. The largest absolute Gasteiger partial charge is 0.416 e. The lowest BCUT2D eigenvalue weighted by Gasteiger charge is -2.20. The van der Waals surface area contributed by atoms with Gasteiger partial charge in [-0.25, -0.2) is 0 Å². The van der Waals surface area contributed by atoms with Crippen LogP contribution in [0.2, 0.25) is 0 Å². The van der Waals surface area contributed by atoms with Crippen molar-refractivity contribution >= 4 is 35.0 Å². The monoisotopic (exact) mass is 535 g/mol. The molecule has 1 aliphatic heterocycles. The number of nitriles is 1. The average molecular weight is 536 g/mol. The zero-order chi connectivity index (χ0) is 27.6. The SMILES string of the molecule is Cc1ccc(NC(=O)/C(C#N)=C2\SC(Cc3cccc(C(F)(F)F)c3)C(=O)N2c2ccc(C)c(C)c2)cc1.